The number of rotatable bonds is 17. The topological polar surface area (TPSA) is 107 Å². The standard InChI is InChI=1S/C33H50N8O2/c1-4-6-23-40(24-7-5-2)32(43)29-17-16-28-30(37-29)41(25-11-22-39-20-9-8-10-21-39)33(38-28)36-27-14-12-26(13-15-27)31(42)35-19-18-34-3/h12-17,34H,4-11,18-25H2,1-3H3,(H,35,42)(H,36,38). The highest BCUT2D eigenvalue weighted by atomic mass is 16.2. The number of pyridine rings is 1. The van der Waals surface area contributed by atoms with Crippen LogP contribution in [0.25, 0.3) is 11.2 Å². The molecule has 2 aromatic heterocycles. The Kier molecular flexibility index (Phi) is 12.8. The molecule has 10 heteroatoms. The SMILES string of the molecule is CCCCN(CCCC)C(=O)c1ccc2nc(Nc3ccc(C(=O)NCCNC)cc3)n(CCCN3CCCCC3)c2n1. The van der Waals surface area contributed by atoms with Crippen LogP contribution in [-0.2, 0) is 6.54 Å². The van der Waals surface area contributed by atoms with Crippen molar-refractivity contribution in [3.8, 4) is 0 Å². The van der Waals surface area contributed by atoms with Crippen LogP contribution in [0, 0.1) is 0 Å². The molecule has 0 unspecified atom stereocenters. The number of hydrogen-bond acceptors (Lipinski definition) is 7. The van der Waals surface area contributed by atoms with Gasteiger partial charge in [0.25, 0.3) is 11.8 Å². The third-order valence-corrected chi connectivity index (χ3v) is 8.03. The van der Waals surface area contributed by atoms with E-state index in [2.05, 4.69) is 39.3 Å². The number of nitrogens with one attached hydrogen (secondary N) is 3. The van der Waals surface area contributed by atoms with Gasteiger partial charge in [-0.2, -0.15) is 0 Å². The molecule has 10 nitrogen and oxygen atoms in total. The molecule has 0 spiro atoms. The molecule has 4 rings (SSSR count). The Bertz CT molecular complexity index is 1290. The number of likely N-dealkylation sites (N-methyl/N-ethyl adjacent to an activating group) is 1. The summed E-state index contributed by atoms with van der Waals surface area (Å²) in [5.41, 5.74) is 3.39. The van der Waals surface area contributed by atoms with E-state index >= 15 is 0 Å². The van der Waals surface area contributed by atoms with Crippen molar-refractivity contribution in [1.29, 1.82) is 0 Å². The molecule has 3 aromatic rings. The van der Waals surface area contributed by atoms with E-state index in [1.54, 1.807) is 0 Å². The first-order chi connectivity index (χ1) is 21.0. The molecule has 3 N–H and O–H groups in total. The fourth-order valence-electron chi connectivity index (χ4n) is 5.48. The van der Waals surface area contributed by atoms with Crippen LogP contribution in [0.4, 0.5) is 11.6 Å². The van der Waals surface area contributed by atoms with Crippen molar-refractivity contribution in [2.24, 2.45) is 0 Å². The normalized spacial score (nSPS) is 13.7. The maximum atomic E-state index is 13.6. The van der Waals surface area contributed by atoms with Gasteiger partial charge in [0.05, 0.1) is 0 Å². The van der Waals surface area contributed by atoms with Crippen molar-refractivity contribution in [3.05, 3.63) is 47.7 Å². The minimum absolute atomic E-state index is 0.0111. The summed E-state index contributed by atoms with van der Waals surface area (Å²) in [4.78, 5) is 40.3. The van der Waals surface area contributed by atoms with Crippen LogP contribution in [0.5, 0.6) is 0 Å². The predicted molar refractivity (Wildman–Crippen MR) is 174 cm³/mol. The second-order valence-corrected chi connectivity index (χ2v) is 11.4. The lowest BCUT2D eigenvalue weighted by molar-refractivity contribution is 0.0745. The first kappa shape index (κ1) is 32.4. The maximum absolute atomic E-state index is 13.6. The van der Waals surface area contributed by atoms with Gasteiger partial charge < -0.3 is 25.8 Å². The molecule has 3 heterocycles. The zero-order chi connectivity index (χ0) is 30.4. The number of imidazole rings is 1. The molecular weight excluding hydrogens is 540 g/mol. The summed E-state index contributed by atoms with van der Waals surface area (Å²) in [5.74, 6) is 0.578. The molecule has 0 saturated carbocycles. The lowest BCUT2D eigenvalue weighted by Gasteiger charge is -2.26. The molecule has 43 heavy (non-hydrogen) atoms. The molecule has 0 bridgehead atoms. The Morgan fingerprint density at radius 1 is 0.860 bits per heavy atom. The largest absolute Gasteiger partial charge is 0.351 e. The number of piperidine rings is 1. The first-order valence-electron chi connectivity index (χ1n) is 16.2. The summed E-state index contributed by atoms with van der Waals surface area (Å²) in [6.45, 7) is 11.2. The Labute approximate surface area is 256 Å². The molecule has 2 amide bonds. The quantitative estimate of drug-likeness (QED) is 0.189. The predicted octanol–water partition coefficient (Wildman–Crippen LogP) is 5.04. The number of anilines is 2. The van der Waals surface area contributed by atoms with Crippen molar-refractivity contribution >= 4 is 34.6 Å². The number of unbranched alkanes of at least 4 members (excludes halogenated alkanes) is 2. The van der Waals surface area contributed by atoms with E-state index in [0.29, 0.717) is 23.8 Å². The Hall–Kier alpha value is -3.50. The monoisotopic (exact) mass is 590 g/mol. The van der Waals surface area contributed by atoms with E-state index in [4.69, 9.17) is 9.97 Å². The molecule has 0 aliphatic carbocycles. The van der Waals surface area contributed by atoms with Gasteiger partial charge in [-0.1, -0.05) is 33.1 Å². The van der Waals surface area contributed by atoms with Gasteiger partial charge in [-0.15, -0.1) is 0 Å². The molecule has 0 atom stereocenters. The highest BCUT2D eigenvalue weighted by molar-refractivity contribution is 5.95. The van der Waals surface area contributed by atoms with E-state index < -0.39 is 0 Å². The third kappa shape index (κ3) is 9.24. The molecular formula is C33H50N8O2. The van der Waals surface area contributed by atoms with Crippen LogP contribution in [0.2, 0.25) is 0 Å². The van der Waals surface area contributed by atoms with Crippen LogP contribution in [-0.4, -0.2) is 89.0 Å². The zero-order valence-electron chi connectivity index (χ0n) is 26.3. The Balaban J connectivity index is 1.57. The van der Waals surface area contributed by atoms with Gasteiger partial charge in [-0.3, -0.25) is 14.2 Å². The second kappa shape index (κ2) is 17.0. The molecule has 1 aromatic carbocycles. The van der Waals surface area contributed by atoms with E-state index in [0.717, 1.165) is 94.8 Å². The highest BCUT2D eigenvalue weighted by Crippen LogP contribution is 2.24. The van der Waals surface area contributed by atoms with Gasteiger partial charge in [-0.25, -0.2) is 9.97 Å². The van der Waals surface area contributed by atoms with Crippen molar-refractivity contribution < 1.29 is 9.59 Å². The number of fused-ring (bicyclic) bond motifs is 1. The maximum Gasteiger partial charge on any atom is 0.272 e. The molecule has 1 saturated heterocycles. The van der Waals surface area contributed by atoms with Crippen LogP contribution in [0.1, 0.15) is 86.1 Å². The molecule has 0 radical (unpaired) electrons. The van der Waals surface area contributed by atoms with E-state index in [9.17, 15) is 9.59 Å². The number of carbonyl (C=O) groups excluding carboxylic acids is 2. The van der Waals surface area contributed by atoms with Crippen molar-refractivity contribution in [3.63, 3.8) is 0 Å². The summed E-state index contributed by atoms with van der Waals surface area (Å²) in [7, 11) is 1.86. The summed E-state index contributed by atoms with van der Waals surface area (Å²) in [6.07, 6.45) is 8.87. The smallest absolute Gasteiger partial charge is 0.272 e. The van der Waals surface area contributed by atoms with Crippen molar-refractivity contribution in [2.45, 2.75) is 71.8 Å². The number of carbonyl (C=O) groups is 2. The minimum atomic E-state index is -0.0972. The number of benzene rings is 1. The summed E-state index contributed by atoms with van der Waals surface area (Å²) in [5, 5.41) is 9.39. The van der Waals surface area contributed by atoms with Crippen molar-refractivity contribution in [1.82, 2.24) is 35.0 Å². The molecule has 1 aliphatic heterocycles. The average Bonchev–Trinajstić information content (AvgIpc) is 3.37. The minimum Gasteiger partial charge on any atom is -0.351 e. The number of nitrogens with zero attached hydrogens (tertiary/aromatic N) is 5. The van der Waals surface area contributed by atoms with Gasteiger partial charge in [-0.05, 0) is 95.2 Å². The number of aryl methyl sites for hydroxylation is 1. The third-order valence-electron chi connectivity index (χ3n) is 8.03. The fraction of sp³-hybridized carbons (Fsp3) is 0.576. The number of aromatic nitrogens is 3. The van der Waals surface area contributed by atoms with E-state index in [1.165, 1.54) is 19.3 Å². The second-order valence-electron chi connectivity index (χ2n) is 11.4. The van der Waals surface area contributed by atoms with Crippen LogP contribution >= 0.6 is 0 Å². The van der Waals surface area contributed by atoms with Crippen molar-refractivity contribution in [2.75, 3.05) is 58.2 Å². The Morgan fingerprint density at radius 3 is 2.26 bits per heavy atom. The molecule has 1 aliphatic rings. The van der Waals surface area contributed by atoms with Crippen LogP contribution < -0.4 is 16.0 Å². The number of likely N-dealkylation sites (tertiary alicyclic amines) is 1. The van der Waals surface area contributed by atoms with Crippen LogP contribution in [0.15, 0.2) is 36.4 Å². The first-order valence-corrected chi connectivity index (χ1v) is 16.2. The highest BCUT2D eigenvalue weighted by Gasteiger charge is 2.20. The van der Waals surface area contributed by atoms with Crippen LogP contribution in [0.3, 0.4) is 0 Å². The molecule has 234 valence electrons. The van der Waals surface area contributed by atoms with E-state index in [-0.39, 0.29) is 11.8 Å². The lowest BCUT2D eigenvalue weighted by atomic mass is 10.1. The molecule has 1 fully saturated rings. The summed E-state index contributed by atoms with van der Waals surface area (Å²) in [6, 6.07) is 11.1. The van der Waals surface area contributed by atoms with Gasteiger partial charge in [0.15, 0.2) is 5.65 Å². The zero-order valence-corrected chi connectivity index (χ0v) is 26.3. The lowest BCUT2D eigenvalue weighted by Crippen LogP contribution is -2.33. The fourth-order valence-corrected chi connectivity index (χ4v) is 5.48. The average molecular weight is 591 g/mol. The number of amides is 2. The van der Waals surface area contributed by atoms with Gasteiger partial charge in [0.2, 0.25) is 5.95 Å². The summed E-state index contributed by atoms with van der Waals surface area (Å²) >= 11 is 0. The Morgan fingerprint density at radius 2 is 1.58 bits per heavy atom. The number of hydrogen-bond donors (Lipinski definition) is 3. The van der Waals surface area contributed by atoms with E-state index in [1.807, 2.05) is 48.3 Å². The van der Waals surface area contributed by atoms with Gasteiger partial charge in [0, 0.05) is 44.0 Å². The van der Waals surface area contributed by atoms with Gasteiger partial charge in [0.1, 0.15) is 11.2 Å². The van der Waals surface area contributed by atoms with Gasteiger partial charge >= 0.3 is 0 Å². The summed E-state index contributed by atoms with van der Waals surface area (Å²) < 4.78 is 2.11.